The van der Waals surface area contributed by atoms with Gasteiger partial charge < -0.3 is 19.2 Å². The summed E-state index contributed by atoms with van der Waals surface area (Å²) < 4.78 is 12.2. The number of carboxylic acids is 1. The second-order valence-electron chi connectivity index (χ2n) is 10.5. The van der Waals surface area contributed by atoms with Gasteiger partial charge in [0.25, 0.3) is 0 Å². The summed E-state index contributed by atoms with van der Waals surface area (Å²) in [6.07, 6.45) is 2.12. The molecule has 3 aromatic carbocycles. The number of carboxylic acid groups (broad SMARTS) is 1. The van der Waals surface area contributed by atoms with Crippen molar-refractivity contribution in [2.45, 2.75) is 58.9 Å². The van der Waals surface area contributed by atoms with E-state index in [2.05, 4.69) is 43.0 Å². The number of hydrogen-bond acceptors (Lipinski definition) is 5. The predicted molar refractivity (Wildman–Crippen MR) is 154 cm³/mol. The Balaban J connectivity index is 1.32. The summed E-state index contributed by atoms with van der Waals surface area (Å²) in [6, 6.07) is 22.8. The van der Waals surface area contributed by atoms with Crippen LogP contribution < -0.4 is 9.64 Å². The van der Waals surface area contributed by atoms with Gasteiger partial charge in [-0.2, -0.15) is 0 Å². The zero-order chi connectivity index (χ0) is 27.4. The lowest BCUT2D eigenvalue weighted by Crippen LogP contribution is -2.31. The Hall–Kier alpha value is -4.06. The first-order valence-electron chi connectivity index (χ1n) is 13.7. The topological polar surface area (TPSA) is 75.8 Å². The van der Waals surface area contributed by atoms with E-state index in [0.717, 1.165) is 47.8 Å². The maximum absolute atomic E-state index is 11.3. The van der Waals surface area contributed by atoms with Gasteiger partial charge in [-0.25, -0.2) is 4.98 Å². The molecular formula is C33H36N2O4. The van der Waals surface area contributed by atoms with Crippen molar-refractivity contribution >= 4 is 11.7 Å². The van der Waals surface area contributed by atoms with Gasteiger partial charge in [0.2, 0.25) is 5.89 Å². The minimum absolute atomic E-state index is 0.116. The molecule has 39 heavy (non-hydrogen) atoms. The van der Waals surface area contributed by atoms with Crippen LogP contribution >= 0.6 is 0 Å². The molecule has 6 nitrogen and oxygen atoms in total. The molecule has 0 saturated carbocycles. The van der Waals surface area contributed by atoms with Gasteiger partial charge in [-0.05, 0) is 72.7 Å². The molecule has 1 aromatic heterocycles. The molecule has 0 spiro atoms. The smallest absolute Gasteiger partial charge is 0.303 e. The number of hydrogen-bond donors (Lipinski definition) is 1. The number of oxazole rings is 1. The number of benzene rings is 3. The van der Waals surface area contributed by atoms with E-state index in [1.165, 1.54) is 22.4 Å². The highest BCUT2D eigenvalue weighted by atomic mass is 16.5. The van der Waals surface area contributed by atoms with E-state index in [1.807, 2.05) is 49.4 Å². The highest BCUT2D eigenvalue weighted by Crippen LogP contribution is 2.34. The Morgan fingerprint density at radius 2 is 1.79 bits per heavy atom. The Labute approximate surface area is 230 Å². The SMILES string of the molecule is Cc1oc(-c2ccccc2)nc1CCOc1ccc(CCC(=O)O)c2c1CCN(c1ccc(C(C)C)cc1)C2. The lowest BCUT2D eigenvalue weighted by molar-refractivity contribution is -0.136. The fourth-order valence-corrected chi connectivity index (χ4v) is 5.23. The number of aliphatic carboxylic acids is 1. The zero-order valence-corrected chi connectivity index (χ0v) is 22.9. The molecule has 6 heteroatoms. The molecule has 1 aliphatic rings. The molecule has 2 heterocycles. The number of fused-ring (bicyclic) bond motifs is 1. The minimum Gasteiger partial charge on any atom is -0.493 e. The van der Waals surface area contributed by atoms with Crippen LogP contribution in [0.5, 0.6) is 5.75 Å². The summed E-state index contributed by atoms with van der Waals surface area (Å²) in [5.41, 5.74) is 7.84. The second-order valence-corrected chi connectivity index (χ2v) is 10.5. The third kappa shape index (κ3) is 6.17. The van der Waals surface area contributed by atoms with Gasteiger partial charge in [-0.3, -0.25) is 4.79 Å². The molecule has 0 radical (unpaired) electrons. The van der Waals surface area contributed by atoms with Crippen molar-refractivity contribution in [2.24, 2.45) is 0 Å². The van der Waals surface area contributed by atoms with E-state index in [0.29, 0.717) is 31.3 Å². The van der Waals surface area contributed by atoms with Crippen LogP contribution in [0.4, 0.5) is 5.69 Å². The number of nitrogens with zero attached hydrogens (tertiary/aromatic N) is 2. The fourth-order valence-electron chi connectivity index (χ4n) is 5.23. The first-order chi connectivity index (χ1) is 18.9. The van der Waals surface area contributed by atoms with E-state index in [-0.39, 0.29) is 6.42 Å². The lowest BCUT2D eigenvalue weighted by Gasteiger charge is -2.33. The van der Waals surface area contributed by atoms with Gasteiger partial charge in [0.15, 0.2) is 0 Å². The van der Waals surface area contributed by atoms with E-state index in [4.69, 9.17) is 14.1 Å². The zero-order valence-electron chi connectivity index (χ0n) is 22.9. The second kappa shape index (κ2) is 11.8. The van der Waals surface area contributed by atoms with Crippen molar-refractivity contribution < 1.29 is 19.1 Å². The molecule has 0 bridgehead atoms. The number of rotatable bonds is 10. The largest absolute Gasteiger partial charge is 0.493 e. The molecule has 0 amide bonds. The maximum Gasteiger partial charge on any atom is 0.303 e. The van der Waals surface area contributed by atoms with Crippen LogP contribution in [0.1, 0.15) is 59.9 Å². The summed E-state index contributed by atoms with van der Waals surface area (Å²) in [7, 11) is 0. The van der Waals surface area contributed by atoms with Crippen molar-refractivity contribution in [3.63, 3.8) is 0 Å². The van der Waals surface area contributed by atoms with Gasteiger partial charge in [0, 0.05) is 42.7 Å². The average molecular weight is 525 g/mol. The Morgan fingerprint density at radius 3 is 2.51 bits per heavy atom. The average Bonchev–Trinajstić information content (AvgIpc) is 3.32. The summed E-state index contributed by atoms with van der Waals surface area (Å²) in [4.78, 5) is 18.4. The van der Waals surface area contributed by atoms with E-state index in [9.17, 15) is 9.90 Å². The fraction of sp³-hybridized carbons (Fsp3) is 0.333. The van der Waals surface area contributed by atoms with Gasteiger partial charge in [-0.15, -0.1) is 0 Å². The highest BCUT2D eigenvalue weighted by molar-refractivity contribution is 5.67. The van der Waals surface area contributed by atoms with Crippen LogP contribution in [-0.2, 0) is 30.6 Å². The maximum atomic E-state index is 11.3. The molecule has 0 unspecified atom stereocenters. The summed E-state index contributed by atoms with van der Waals surface area (Å²) >= 11 is 0. The minimum atomic E-state index is -0.779. The first kappa shape index (κ1) is 26.5. The number of aryl methyl sites for hydroxylation is 2. The van der Waals surface area contributed by atoms with Crippen LogP contribution in [-0.4, -0.2) is 29.2 Å². The molecule has 1 N–H and O–H groups in total. The van der Waals surface area contributed by atoms with E-state index < -0.39 is 5.97 Å². The van der Waals surface area contributed by atoms with Gasteiger partial charge in [-0.1, -0.05) is 50.2 Å². The standard InChI is InChI=1S/C33H36N2O4/c1-22(2)24-9-13-27(14-10-24)35-19-17-28-29(21-35)25(12-16-32(36)37)11-15-31(28)38-20-18-30-23(3)39-33(34-30)26-7-5-4-6-8-26/h4-11,13-15,22H,12,16-21H2,1-3H3,(H,36,37). The lowest BCUT2D eigenvalue weighted by atomic mass is 9.91. The van der Waals surface area contributed by atoms with Crippen molar-refractivity contribution in [2.75, 3.05) is 18.1 Å². The predicted octanol–water partition coefficient (Wildman–Crippen LogP) is 6.97. The van der Waals surface area contributed by atoms with Crippen molar-refractivity contribution in [1.29, 1.82) is 0 Å². The van der Waals surface area contributed by atoms with E-state index in [1.54, 1.807) is 0 Å². The van der Waals surface area contributed by atoms with Gasteiger partial charge in [0.05, 0.1) is 12.3 Å². The molecule has 1 aliphatic heterocycles. The molecule has 4 aromatic rings. The Morgan fingerprint density at radius 1 is 1.03 bits per heavy atom. The van der Waals surface area contributed by atoms with Crippen molar-refractivity contribution in [3.05, 3.63) is 100 Å². The summed E-state index contributed by atoms with van der Waals surface area (Å²) in [5, 5.41) is 9.31. The number of ether oxygens (including phenoxy) is 1. The van der Waals surface area contributed by atoms with Crippen LogP contribution in [0, 0.1) is 6.92 Å². The normalized spacial score (nSPS) is 13.0. The van der Waals surface area contributed by atoms with Crippen molar-refractivity contribution in [3.8, 4) is 17.2 Å². The number of carbonyl (C=O) groups is 1. The molecule has 5 rings (SSSR count). The van der Waals surface area contributed by atoms with Gasteiger partial charge >= 0.3 is 5.97 Å². The first-order valence-corrected chi connectivity index (χ1v) is 13.7. The monoisotopic (exact) mass is 524 g/mol. The summed E-state index contributed by atoms with van der Waals surface area (Å²) in [6.45, 7) is 8.46. The number of anilines is 1. The Bertz CT molecular complexity index is 1420. The quantitative estimate of drug-likeness (QED) is 0.241. The van der Waals surface area contributed by atoms with Crippen LogP contribution in [0.3, 0.4) is 0 Å². The van der Waals surface area contributed by atoms with Crippen LogP contribution in [0.2, 0.25) is 0 Å². The molecule has 0 atom stereocenters. The molecule has 202 valence electrons. The number of aromatic nitrogens is 1. The molecule has 0 aliphatic carbocycles. The third-order valence-electron chi connectivity index (χ3n) is 7.51. The molecular weight excluding hydrogens is 488 g/mol. The van der Waals surface area contributed by atoms with Gasteiger partial charge in [0.1, 0.15) is 11.5 Å². The highest BCUT2D eigenvalue weighted by Gasteiger charge is 2.23. The van der Waals surface area contributed by atoms with E-state index >= 15 is 0 Å². The van der Waals surface area contributed by atoms with Crippen molar-refractivity contribution in [1.82, 2.24) is 4.98 Å². The van der Waals surface area contributed by atoms with Crippen LogP contribution in [0.25, 0.3) is 11.5 Å². The van der Waals surface area contributed by atoms with Crippen LogP contribution in [0.15, 0.2) is 71.1 Å². The molecule has 0 saturated heterocycles. The molecule has 0 fully saturated rings. The summed E-state index contributed by atoms with van der Waals surface area (Å²) in [5.74, 6) is 2.03. The third-order valence-corrected chi connectivity index (χ3v) is 7.51. The Kier molecular flexibility index (Phi) is 8.01.